The maximum atomic E-state index is 11.9. The Morgan fingerprint density at radius 1 is 1.47 bits per heavy atom. The van der Waals surface area contributed by atoms with Gasteiger partial charge in [-0.25, -0.2) is 0 Å². The molecule has 2 atom stereocenters. The Labute approximate surface area is 91.0 Å². The number of carbonyl (C=O) groups is 1. The van der Waals surface area contributed by atoms with Crippen molar-refractivity contribution in [2.75, 3.05) is 26.7 Å². The maximum absolute atomic E-state index is 11.9. The molecule has 0 aromatic heterocycles. The van der Waals surface area contributed by atoms with Crippen molar-refractivity contribution in [3.05, 3.63) is 0 Å². The fourth-order valence-corrected chi connectivity index (χ4v) is 2.11. The Kier molecular flexibility index (Phi) is 3.59. The van der Waals surface area contributed by atoms with Gasteiger partial charge in [0.1, 0.15) is 6.10 Å². The van der Waals surface area contributed by atoms with Gasteiger partial charge in [0, 0.05) is 26.2 Å². The molecular formula is C11H20N2O2. The van der Waals surface area contributed by atoms with Crippen molar-refractivity contribution < 1.29 is 9.53 Å². The van der Waals surface area contributed by atoms with Gasteiger partial charge in [-0.1, -0.05) is 0 Å². The zero-order valence-electron chi connectivity index (χ0n) is 9.37. The molecule has 4 nitrogen and oxygen atoms in total. The van der Waals surface area contributed by atoms with Crippen molar-refractivity contribution in [2.24, 2.45) is 0 Å². The van der Waals surface area contributed by atoms with E-state index in [4.69, 9.17) is 4.74 Å². The Morgan fingerprint density at radius 2 is 2.27 bits per heavy atom. The van der Waals surface area contributed by atoms with Gasteiger partial charge >= 0.3 is 0 Å². The van der Waals surface area contributed by atoms with E-state index in [1.54, 1.807) is 0 Å². The fourth-order valence-electron chi connectivity index (χ4n) is 2.11. The standard InChI is InChI=1S/C11H20N2O2/c1-13(8-9-5-6-12-9)11(14)10-4-2-3-7-15-10/h9-10,12H,2-8H2,1H3. The minimum absolute atomic E-state index is 0.156. The molecule has 2 unspecified atom stereocenters. The molecule has 4 heteroatoms. The first kappa shape index (κ1) is 10.9. The van der Waals surface area contributed by atoms with Gasteiger partial charge in [0.25, 0.3) is 5.91 Å². The zero-order chi connectivity index (χ0) is 10.7. The lowest BCUT2D eigenvalue weighted by molar-refractivity contribution is -0.145. The summed E-state index contributed by atoms with van der Waals surface area (Å²) in [6.45, 7) is 2.65. The molecule has 0 spiro atoms. The molecule has 0 bridgehead atoms. The van der Waals surface area contributed by atoms with Crippen LogP contribution >= 0.6 is 0 Å². The number of amides is 1. The van der Waals surface area contributed by atoms with Crippen LogP contribution in [0.2, 0.25) is 0 Å². The third-order valence-electron chi connectivity index (χ3n) is 3.25. The lowest BCUT2D eigenvalue weighted by Crippen LogP contribution is -2.52. The van der Waals surface area contributed by atoms with E-state index >= 15 is 0 Å². The monoisotopic (exact) mass is 212 g/mol. The number of rotatable bonds is 3. The van der Waals surface area contributed by atoms with Crippen LogP contribution in [-0.4, -0.2) is 49.7 Å². The third kappa shape index (κ3) is 2.69. The first-order chi connectivity index (χ1) is 7.27. The average molecular weight is 212 g/mol. The van der Waals surface area contributed by atoms with Crippen molar-refractivity contribution in [3.8, 4) is 0 Å². The summed E-state index contributed by atoms with van der Waals surface area (Å²) < 4.78 is 5.48. The lowest BCUT2D eigenvalue weighted by Gasteiger charge is -2.33. The number of hydrogen-bond acceptors (Lipinski definition) is 3. The predicted octanol–water partition coefficient (Wildman–Crippen LogP) is 0.376. The summed E-state index contributed by atoms with van der Waals surface area (Å²) in [5.74, 6) is 0.156. The van der Waals surface area contributed by atoms with Gasteiger partial charge in [0.05, 0.1) is 0 Å². The van der Waals surface area contributed by atoms with E-state index in [-0.39, 0.29) is 12.0 Å². The van der Waals surface area contributed by atoms with E-state index in [1.165, 1.54) is 6.42 Å². The summed E-state index contributed by atoms with van der Waals surface area (Å²) in [6, 6.07) is 0.502. The van der Waals surface area contributed by atoms with E-state index in [2.05, 4.69) is 5.32 Å². The molecule has 2 rings (SSSR count). The van der Waals surface area contributed by atoms with Crippen LogP contribution in [0.5, 0.6) is 0 Å². The molecule has 2 fully saturated rings. The summed E-state index contributed by atoms with van der Waals surface area (Å²) in [5, 5.41) is 3.30. The van der Waals surface area contributed by atoms with Crippen LogP contribution in [0.1, 0.15) is 25.7 Å². The highest BCUT2D eigenvalue weighted by Crippen LogP contribution is 2.15. The van der Waals surface area contributed by atoms with Crippen molar-refractivity contribution in [2.45, 2.75) is 37.8 Å². The van der Waals surface area contributed by atoms with Crippen molar-refractivity contribution in [1.29, 1.82) is 0 Å². The molecule has 0 aromatic rings. The van der Waals surface area contributed by atoms with Crippen LogP contribution in [0.25, 0.3) is 0 Å². The smallest absolute Gasteiger partial charge is 0.251 e. The van der Waals surface area contributed by atoms with E-state index < -0.39 is 0 Å². The molecule has 1 amide bonds. The Bertz CT molecular complexity index is 223. The predicted molar refractivity (Wildman–Crippen MR) is 57.6 cm³/mol. The van der Waals surface area contributed by atoms with Crippen LogP contribution in [-0.2, 0) is 9.53 Å². The molecule has 1 N–H and O–H groups in total. The summed E-state index contributed by atoms with van der Waals surface area (Å²) in [4.78, 5) is 13.8. The van der Waals surface area contributed by atoms with Crippen molar-refractivity contribution in [1.82, 2.24) is 10.2 Å². The second kappa shape index (κ2) is 4.94. The molecule has 0 radical (unpaired) electrons. The van der Waals surface area contributed by atoms with E-state index in [0.717, 1.165) is 39.0 Å². The fraction of sp³-hybridized carbons (Fsp3) is 0.909. The van der Waals surface area contributed by atoms with Crippen LogP contribution in [0, 0.1) is 0 Å². The van der Waals surface area contributed by atoms with Crippen LogP contribution in [0.15, 0.2) is 0 Å². The number of nitrogens with one attached hydrogen (secondary N) is 1. The molecule has 2 saturated heterocycles. The molecule has 86 valence electrons. The molecule has 0 saturated carbocycles. The molecular weight excluding hydrogens is 192 g/mol. The molecule has 0 aliphatic carbocycles. The summed E-state index contributed by atoms with van der Waals surface area (Å²) >= 11 is 0. The highest BCUT2D eigenvalue weighted by molar-refractivity contribution is 5.80. The highest BCUT2D eigenvalue weighted by Gasteiger charge is 2.27. The number of nitrogens with zero attached hydrogens (tertiary/aromatic N) is 1. The Morgan fingerprint density at radius 3 is 2.80 bits per heavy atom. The van der Waals surface area contributed by atoms with Gasteiger partial charge in [-0.3, -0.25) is 4.79 Å². The topological polar surface area (TPSA) is 41.6 Å². The highest BCUT2D eigenvalue weighted by atomic mass is 16.5. The lowest BCUT2D eigenvalue weighted by atomic mass is 10.1. The molecule has 0 aromatic carbocycles. The average Bonchev–Trinajstić information content (AvgIpc) is 2.23. The largest absolute Gasteiger partial charge is 0.368 e. The normalized spacial score (nSPS) is 30.7. The van der Waals surface area contributed by atoms with Crippen LogP contribution < -0.4 is 5.32 Å². The Hall–Kier alpha value is -0.610. The second-order valence-electron chi connectivity index (χ2n) is 4.51. The van der Waals surface area contributed by atoms with Gasteiger partial charge in [0.2, 0.25) is 0 Å². The summed E-state index contributed by atoms with van der Waals surface area (Å²) in [6.07, 6.45) is 4.11. The van der Waals surface area contributed by atoms with E-state index in [9.17, 15) is 4.79 Å². The molecule has 2 aliphatic rings. The Balaban J connectivity index is 1.77. The second-order valence-corrected chi connectivity index (χ2v) is 4.51. The molecule has 2 aliphatic heterocycles. The van der Waals surface area contributed by atoms with Gasteiger partial charge < -0.3 is 15.0 Å². The molecule has 15 heavy (non-hydrogen) atoms. The minimum atomic E-state index is -0.177. The number of hydrogen-bond donors (Lipinski definition) is 1. The van der Waals surface area contributed by atoms with Gasteiger partial charge in [-0.05, 0) is 32.2 Å². The minimum Gasteiger partial charge on any atom is -0.368 e. The van der Waals surface area contributed by atoms with Crippen molar-refractivity contribution in [3.63, 3.8) is 0 Å². The first-order valence-electron chi connectivity index (χ1n) is 5.87. The third-order valence-corrected chi connectivity index (χ3v) is 3.25. The first-order valence-corrected chi connectivity index (χ1v) is 5.87. The van der Waals surface area contributed by atoms with Crippen LogP contribution in [0.3, 0.4) is 0 Å². The maximum Gasteiger partial charge on any atom is 0.251 e. The number of likely N-dealkylation sites (N-methyl/N-ethyl adjacent to an activating group) is 1. The number of carbonyl (C=O) groups excluding carboxylic acids is 1. The van der Waals surface area contributed by atoms with Crippen LogP contribution in [0.4, 0.5) is 0 Å². The van der Waals surface area contributed by atoms with Crippen molar-refractivity contribution >= 4 is 5.91 Å². The SMILES string of the molecule is CN(CC1CCN1)C(=O)C1CCCCO1. The quantitative estimate of drug-likeness (QED) is 0.735. The summed E-state index contributed by atoms with van der Waals surface area (Å²) in [5.41, 5.74) is 0. The van der Waals surface area contributed by atoms with Gasteiger partial charge in [0.15, 0.2) is 0 Å². The summed E-state index contributed by atoms with van der Waals surface area (Å²) in [7, 11) is 1.88. The molecule has 2 heterocycles. The van der Waals surface area contributed by atoms with Gasteiger partial charge in [-0.15, -0.1) is 0 Å². The zero-order valence-corrected chi connectivity index (χ0v) is 9.37. The van der Waals surface area contributed by atoms with E-state index in [0.29, 0.717) is 6.04 Å². The van der Waals surface area contributed by atoms with E-state index in [1.807, 2.05) is 11.9 Å². The number of ether oxygens (including phenoxy) is 1. The van der Waals surface area contributed by atoms with Gasteiger partial charge in [-0.2, -0.15) is 0 Å².